The van der Waals surface area contributed by atoms with E-state index >= 15 is 0 Å². The van der Waals surface area contributed by atoms with Crippen LogP contribution in [0.2, 0.25) is 0 Å². The van der Waals surface area contributed by atoms with E-state index in [1.54, 1.807) is 12.1 Å². The van der Waals surface area contributed by atoms with Crippen molar-refractivity contribution in [2.75, 3.05) is 27.4 Å². The molecule has 19 heavy (non-hydrogen) atoms. The fourth-order valence-corrected chi connectivity index (χ4v) is 1.96. The Morgan fingerprint density at radius 1 is 1.32 bits per heavy atom. The van der Waals surface area contributed by atoms with Gasteiger partial charge in [-0.1, -0.05) is 19.1 Å². The van der Waals surface area contributed by atoms with Crippen molar-refractivity contribution < 1.29 is 13.9 Å². The smallest absolute Gasteiger partial charge is 0.168 e. The van der Waals surface area contributed by atoms with Crippen LogP contribution in [0.25, 0.3) is 0 Å². The average molecular weight is 269 g/mol. The van der Waals surface area contributed by atoms with Gasteiger partial charge in [0.1, 0.15) is 0 Å². The molecule has 0 amide bonds. The maximum absolute atomic E-state index is 14.0. The van der Waals surface area contributed by atoms with Crippen LogP contribution >= 0.6 is 0 Å². The Morgan fingerprint density at radius 2 is 2.11 bits per heavy atom. The molecule has 1 aromatic rings. The van der Waals surface area contributed by atoms with Gasteiger partial charge in [0.15, 0.2) is 11.6 Å². The number of halogens is 1. The summed E-state index contributed by atoms with van der Waals surface area (Å²) in [6.45, 7) is 3.57. The van der Waals surface area contributed by atoms with Crippen molar-refractivity contribution in [2.24, 2.45) is 0 Å². The van der Waals surface area contributed by atoms with Crippen molar-refractivity contribution in [1.82, 2.24) is 5.32 Å². The molecule has 1 N–H and O–H groups in total. The van der Waals surface area contributed by atoms with Gasteiger partial charge >= 0.3 is 0 Å². The van der Waals surface area contributed by atoms with Crippen LogP contribution in [-0.4, -0.2) is 33.4 Å². The van der Waals surface area contributed by atoms with Crippen LogP contribution in [-0.2, 0) is 11.2 Å². The van der Waals surface area contributed by atoms with E-state index in [9.17, 15) is 4.39 Å². The van der Waals surface area contributed by atoms with Crippen molar-refractivity contribution >= 4 is 0 Å². The van der Waals surface area contributed by atoms with Gasteiger partial charge in [0, 0.05) is 19.3 Å². The lowest BCUT2D eigenvalue weighted by molar-refractivity contribution is 0.125. The van der Waals surface area contributed by atoms with E-state index in [1.165, 1.54) is 7.11 Å². The fourth-order valence-electron chi connectivity index (χ4n) is 1.96. The lowest BCUT2D eigenvalue weighted by atomic mass is 10.0. The summed E-state index contributed by atoms with van der Waals surface area (Å²) < 4.78 is 24.5. The van der Waals surface area contributed by atoms with Gasteiger partial charge in [0.05, 0.1) is 7.11 Å². The van der Waals surface area contributed by atoms with Gasteiger partial charge in [-0.3, -0.25) is 0 Å². The zero-order valence-corrected chi connectivity index (χ0v) is 12.0. The first-order valence-electron chi connectivity index (χ1n) is 6.79. The molecule has 1 unspecified atom stereocenters. The van der Waals surface area contributed by atoms with E-state index in [-0.39, 0.29) is 11.9 Å². The van der Waals surface area contributed by atoms with E-state index in [0.29, 0.717) is 24.3 Å². The molecule has 0 fully saturated rings. The maximum Gasteiger partial charge on any atom is 0.168 e. The van der Waals surface area contributed by atoms with Gasteiger partial charge in [0.2, 0.25) is 0 Å². The molecule has 108 valence electrons. The summed E-state index contributed by atoms with van der Waals surface area (Å²) in [4.78, 5) is 0. The van der Waals surface area contributed by atoms with Gasteiger partial charge in [0.25, 0.3) is 0 Å². The van der Waals surface area contributed by atoms with E-state index < -0.39 is 0 Å². The first kappa shape index (κ1) is 15.9. The molecule has 0 spiro atoms. The van der Waals surface area contributed by atoms with Crippen molar-refractivity contribution in [3.05, 3.63) is 29.6 Å². The molecule has 1 aromatic carbocycles. The van der Waals surface area contributed by atoms with Gasteiger partial charge in [-0.15, -0.1) is 0 Å². The highest BCUT2D eigenvalue weighted by Gasteiger charge is 2.13. The maximum atomic E-state index is 14.0. The standard InChI is InChI=1S/C15H24FNO2/c1-4-9-19-10-8-13(17-2)11-12-6-5-7-14(18-3)15(12)16/h5-7,13,17H,4,8-11H2,1-3H3. The van der Waals surface area contributed by atoms with Crippen LogP contribution in [0, 0.1) is 5.82 Å². The molecule has 0 aliphatic rings. The number of nitrogens with one attached hydrogen (secondary N) is 1. The zero-order chi connectivity index (χ0) is 14.1. The van der Waals surface area contributed by atoms with Crippen LogP contribution in [0.1, 0.15) is 25.3 Å². The Balaban J connectivity index is 2.55. The first-order chi connectivity index (χ1) is 9.22. The number of methoxy groups -OCH3 is 1. The van der Waals surface area contributed by atoms with Gasteiger partial charge in [-0.05, 0) is 37.9 Å². The molecule has 3 nitrogen and oxygen atoms in total. The summed E-state index contributed by atoms with van der Waals surface area (Å²) in [5, 5.41) is 3.20. The molecule has 0 aliphatic carbocycles. The van der Waals surface area contributed by atoms with Crippen LogP contribution in [0.3, 0.4) is 0 Å². The monoisotopic (exact) mass is 269 g/mol. The summed E-state index contributed by atoms with van der Waals surface area (Å²) in [5.41, 5.74) is 0.675. The summed E-state index contributed by atoms with van der Waals surface area (Å²) in [7, 11) is 3.37. The molecule has 0 heterocycles. The molecule has 0 saturated heterocycles. The molecule has 0 aliphatic heterocycles. The Kier molecular flexibility index (Phi) is 7.45. The lowest BCUT2D eigenvalue weighted by Crippen LogP contribution is -2.29. The predicted molar refractivity (Wildman–Crippen MR) is 75.2 cm³/mol. The average Bonchev–Trinajstić information content (AvgIpc) is 2.44. The highest BCUT2D eigenvalue weighted by Crippen LogP contribution is 2.21. The third-order valence-corrected chi connectivity index (χ3v) is 3.10. The number of ether oxygens (including phenoxy) is 2. The molecule has 1 rings (SSSR count). The highest BCUT2D eigenvalue weighted by atomic mass is 19.1. The zero-order valence-electron chi connectivity index (χ0n) is 12.0. The first-order valence-corrected chi connectivity index (χ1v) is 6.79. The third-order valence-electron chi connectivity index (χ3n) is 3.10. The van der Waals surface area contributed by atoms with Gasteiger partial charge in [-0.2, -0.15) is 0 Å². The molecule has 1 atom stereocenters. The largest absolute Gasteiger partial charge is 0.494 e. The summed E-state index contributed by atoms with van der Waals surface area (Å²) in [6.07, 6.45) is 2.52. The van der Waals surface area contributed by atoms with Crippen LogP contribution < -0.4 is 10.1 Å². The minimum Gasteiger partial charge on any atom is -0.494 e. The van der Waals surface area contributed by atoms with Crippen LogP contribution in [0.4, 0.5) is 4.39 Å². The van der Waals surface area contributed by atoms with Gasteiger partial charge in [-0.25, -0.2) is 4.39 Å². The molecule has 0 saturated carbocycles. The molecule has 0 radical (unpaired) electrons. The van der Waals surface area contributed by atoms with Crippen molar-refractivity contribution in [3.63, 3.8) is 0 Å². The number of rotatable bonds is 9. The van der Waals surface area contributed by atoms with E-state index in [1.807, 2.05) is 13.1 Å². The minimum absolute atomic E-state index is 0.207. The summed E-state index contributed by atoms with van der Waals surface area (Å²) >= 11 is 0. The number of hydrogen-bond acceptors (Lipinski definition) is 3. The Bertz CT molecular complexity index is 371. The molecule has 0 aromatic heterocycles. The Labute approximate surface area is 115 Å². The molecular weight excluding hydrogens is 245 g/mol. The van der Waals surface area contributed by atoms with Crippen LogP contribution in [0.5, 0.6) is 5.75 Å². The number of benzene rings is 1. The second-order valence-corrected chi connectivity index (χ2v) is 4.52. The van der Waals surface area contributed by atoms with E-state index in [0.717, 1.165) is 19.4 Å². The van der Waals surface area contributed by atoms with E-state index in [4.69, 9.17) is 9.47 Å². The normalized spacial score (nSPS) is 12.4. The SMILES string of the molecule is CCCOCCC(Cc1cccc(OC)c1F)NC. The predicted octanol–water partition coefficient (Wildman–Crippen LogP) is 2.78. The summed E-state index contributed by atoms with van der Waals surface area (Å²) in [6, 6.07) is 5.46. The topological polar surface area (TPSA) is 30.5 Å². The minimum atomic E-state index is -0.264. The quantitative estimate of drug-likeness (QED) is 0.699. The fraction of sp³-hybridized carbons (Fsp3) is 0.600. The Hall–Kier alpha value is -1.13. The number of hydrogen-bond donors (Lipinski definition) is 1. The number of likely N-dealkylation sites (N-methyl/N-ethyl adjacent to an activating group) is 1. The van der Waals surface area contributed by atoms with Crippen molar-refractivity contribution in [2.45, 2.75) is 32.2 Å². The lowest BCUT2D eigenvalue weighted by Gasteiger charge is -2.17. The third kappa shape index (κ3) is 5.17. The molecule has 4 heteroatoms. The summed E-state index contributed by atoms with van der Waals surface area (Å²) in [5.74, 6) is 0.0364. The van der Waals surface area contributed by atoms with Gasteiger partial charge < -0.3 is 14.8 Å². The second-order valence-electron chi connectivity index (χ2n) is 4.52. The van der Waals surface area contributed by atoms with Crippen molar-refractivity contribution in [3.8, 4) is 5.75 Å². The van der Waals surface area contributed by atoms with Crippen LogP contribution in [0.15, 0.2) is 18.2 Å². The molecular formula is C15H24FNO2. The van der Waals surface area contributed by atoms with E-state index in [2.05, 4.69) is 12.2 Å². The van der Waals surface area contributed by atoms with Crippen molar-refractivity contribution in [1.29, 1.82) is 0 Å². The second kappa shape index (κ2) is 8.88. The Morgan fingerprint density at radius 3 is 2.74 bits per heavy atom. The highest BCUT2D eigenvalue weighted by molar-refractivity contribution is 5.31. The molecule has 0 bridgehead atoms.